The first kappa shape index (κ1) is 13.4. The van der Waals surface area contributed by atoms with Crippen molar-refractivity contribution in [2.24, 2.45) is 0 Å². The molecule has 4 heteroatoms. The number of ether oxygens (including phenoxy) is 1. The smallest absolute Gasteiger partial charge is 0.352 e. The average Bonchev–Trinajstić information content (AvgIpc) is 2.30. The van der Waals surface area contributed by atoms with Crippen molar-refractivity contribution in [1.82, 2.24) is 0 Å². The zero-order valence-corrected chi connectivity index (χ0v) is 9.90. The van der Waals surface area contributed by atoms with Gasteiger partial charge in [-0.15, -0.1) is 0 Å². The van der Waals surface area contributed by atoms with Gasteiger partial charge < -0.3 is 4.74 Å². The van der Waals surface area contributed by atoms with E-state index in [0.717, 1.165) is 6.92 Å². The number of alkyl halides is 1. The molecule has 0 aliphatic heterocycles. The first-order chi connectivity index (χ1) is 8.00. The Morgan fingerprint density at radius 2 is 1.88 bits per heavy atom. The second-order valence-corrected chi connectivity index (χ2v) is 3.74. The van der Waals surface area contributed by atoms with Crippen LogP contribution in [0.1, 0.15) is 19.4 Å². The third-order valence-corrected chi connectivity index (χ3v) is 2.45. The van der Waals surface area contributed by atoms with Gasteiger partial charge in [0.05, 0.1) is 6.61 Å². The van der Waals surface area contributed by atoms with E-state index in [1.165, 1.54) is 0 Å². The maximum atomic E-state index is 14.4. The van der Waals surface area contributed by atoms with E-state index < -0.39 is 17.4 Å². The van der Waals surface area contributed by atoms with Crippen LogP contribution in [0.2, 0.25) is 0 Å². The molecule has 0 amide bonds. The summed E-state index contributed by atoms with van der Waals surface area (Å²) in [5.41, 5.74) is -2.00. The summed E-state index contributed by atoms with van der Waals surface area (Å²) in [6.07, 6.45) is -0.290. The van der Waals surface area contributed by atoms with Gasteiger partial charge in [-0.3, -0.25) is 4.79 Å². The molecule has 0 heterocycles. The van der Waals surface area contributed by atoms with E-state index in [1.54, 1.807) is 37.3 Å². The lowest BCUT2D eigenvalue weighted by Crippen LogP contribution is -2.44. The van der Waals surface area contributed by atoms with Gasteiger partial charge in [-0.1, -0.05) is 30.3 Å². The van der Waals surface area contributed by atoms with E-state index in [2.05, 4.69) is 4.74 Å². The molecule has 1 atom stereocenters. The van der Waals surface area contributed by atoms with E-state index >= 15 is 0 Å². The van der Waals surface area contributed by atoms with Gasteiger partial charge in [0.25, 0.3) is 5.67 Å². The van der Waals surface area contributed by atoms with Crippen LogP contribution >= 0.6 is 0 Å². The SMILES string of the molecule is CCOC(=O)[C@](F)(Cc1ccccc1)C(C)=O. The number of benzene rings is 1. The van der Waals surface area contributed by atoms with Crippen molar-refractivity contribution in [3.05, 3.63) is 35.9 Å². The molecule has 0 aromatic heterocycles. The van der Waals surface area contributed by atoms with Crippen molar-refractivity contribution in [3.8, 4) is 0 Å². The third kappa shape index (κ3) is 3.12. The molecule has 0 aliphatic rings. The molecule has 0 spiro atoms. The molecular formula is C13H15FO3. The minimum absolute atomic E-state index is 0.0482. The Morgan fingerprint density at radius 3 is 2.35 bits per heavy atom. The van der Waals surface area contributed by atoms with Gasteiger partial charge >= 0.3 is 5.97 Å². The lowest BCUT2D eigenvalue weighted by molar-refractivity contribution is -0.161. The Bertz CT molecular complexity index is 402. The Labute approximate surface area is 99.6 Å². The summed E-state index contributed by atoms with van der Waals surface area (Å²) in [4.78, 5) is 22.8. The molecule has 0 unspecified atom stereocenters. The second kappa shape index (κ2) is 5.57. The van der Waals surface area contributed by atoms with Crippen LogP contribution in [0.15, 0.2) is 30.3 Å². The number of halogens is 1. The number of Topliss-reactive ketones (excluding diaryl/α,β-unsaturated/α-hetero) is 1. The lowest BCUT2D eigenvalue weighted by Gasteiger charge is -2.20. The molecule has 1 aromatic rings. The van der Waals surface area contributed by atoms with Gasteiger partial charge in [-0.2, -0.15) is 0 Å². The molecule has 92 valence electrons. The number of rotatable bonds is 5. The van der Waals surface area contributed by atoms with E-state index in [1.807, 2.05) is 0 Å². The summed E-state index contributed by atoms with van der Waals surface area (Å²) in [5.74, 6) is -1.95. The molecule has 17 heavy (non-hydrogen) atoms. The number of hydrogen-bond acceptors (Lipinski definition) is 3. The summed E-state index contributed by atoms with van der Waals surface area (Å²) >= 11 is 0. The van der Waals surface area contributed by atoms with Crippen LogP contribution < -0.4 is 0 Å². The molecule has 1 rings (SSSR count). The molecule has 0 fully saturated rings. The third-order valence-electron chi connectivity index (χ3n) is 2.45. The Morgan fingerprint density at radius 1 is 1.29 bits per heavy atom. The maximum absolute atomic E-state index is 14.4. The molecule has 1 aromatic carbocycles. The van der Waals surface area contributed by atoms with E-state index in [0.29, 0.717) is 5.56 Å². The quantitative estimate of drug-likeness (QED) is 0.582. The van der Waals surface area contributed by atoms with Gasteiger partial charge in [-0.25, -0.2) is 9.18 Å². The van der Waals surface area contributed by atoms with Gasteiger partial charge in [-0.05, 0) is 19.4 Å². The van der Waals surface area contributed by atoms with E-state index in [9.17, 15) is 14.0 Å². The van der Waals surface area contributed by atoms with Crippen molar-refractivity contribution < 1.29 is 18.7 Å². The highest BCUT2D eigenvalue weighted by Crippen LogP contribution is 2.21. The predicted octanol–water partition coefficient (Wildman–Crippen LogP) is 2.09. The summed E-state index contributed by atoms with van der Waals surface area (Å²) in [6.45, 7) is 2.67. The Kier molecular flexibility index (Phi) is 4.37. The Balaban J connectivity index is 2.93. The molecule has 0 N–H and O–H groups in total. The highest BCUT2D eigenvalue weighted by molar-refractivity contribution is 6.06. The minimum atomic E-state index is -2.59. The van der Waals surface area contributed by atoms with Crippen LogP contribution in [0.3, 0.4) is 0 Å². The van der Waals surface area contributed by atoms with Gasteiger partial charge in [0.1, 0.15) is 0 Å². The zero-order valence-electron chi connectivity index (χ0n) is 9.90. The minimum Gasteiger partial charge on any atom is -0.463 e. The fourth-order valence-corrected chi connectivity index (χ4v) is 1.46. The maximum Gasteiger partial charge on any atom is 0.352 e. The normalized spacial score (nSPS) is 13.8. The number of carbonyl (C=O) groups excluding carboxylic acids is 2. The first-order valence-electron chi connectivity index (χ1n) is 5.41. The van der Waals surface area contributed by atoms with E-state index in [-0.39, 0.29) is 13.0 Å². The van der Waals surface area contributed by atoms with Crippen molar-refractivity contribution >= 4 is 11.8 Å². The average molecular weight is 238 g/mol. The number of ketones is 1. The molecule has 0 saturated carbocycles. The first-order valence-corrected chi connectivity index (χ1v) is 5.41. The van der Waals surface area contributed by atoms with Crippen LogP contribution in [-0.4, -0.2) is 24.0 Å². The fourth-order valence-electron chi connectivity index (χ4n) is 1.46. The van der Waals surface area contributed by atoms with Crippen LogP contribution in [-0.2, 0) is 20.7 Å². The summed E-state index contributed by atoms with van der Waals surface area (Å²) in [6, 6.07) is 8.55. The van der Waals surface area contributed by atoms with Crippen molar-refractivity contribution in [3.63, 3.8) is 0 Å². The van der Waals surface area contributed by atoms with Crippen LogP contribution in [0.25, 0.3) is 0 Å². The number of carbonyl (C=O) groups is 2. The largest absolute Gasteiger partial charge is 0.463 e. The topological polar surface area (TPSA) is 43.4 Å². The molecule has 3 nitrogen and oxygen atoms in total. The highest BCUT2D eigenvalue weighted by atomic mass is 19.1. The molecule has 0 aliphatic carbocycles. The predicted molar refractivity (Wildman–Crippen MR) is 61.3 cm³/mol. The van der Waals surface area contributed by atoms with Crippen molar-refractivity contribution in [1.29, 1.82) is 0 Å². The molecule has 0 radical (unpaired) electrons. The summed E-state index contributed by atoms with van der Waals surface area (Å²) in [7, 11) is 0. The van der Waals surface area contributed by atoms with Crippen molar-refractivity contribution in [2.45, 2.75) is 25.9 Å². The lowest BCUT2D eigenvalue weighted by atomic mass is 9.93. The monoisotopic (exact) mass is 238 g/mol. The van der Waals surface area contributed by atoms with E-state index in [4.69, 9.17) is 0 Å². The highest BCUT2D eigenvalue weighted by Gasteiger charge is 2.45. The van der Waals surface area contributed by atoms with Crippen molar-refractivity contribution in [2.75, 3.05) is 6.61 Å². The summed E-state index contributed by atoms with van der Waals surface area (Å²) in [5, 5.41) is 0. The molecule has 0 saturated heterocycles. The zero-order chi connectivity index (χ0) is 12.9. The van der Waals surface area contributed by atoms with Gasteiger partial charge in [0, 0.05) is 6.42 Å². The fraction of sp³-hybridized carbons (Fsp3) is 0.385. The standard InChI is InChI=1S/C13H15FO3/c1-3-17-12(16)13(14,10(2)15)9-11-7-5-4-6-8-11/h4-8H,3,9H2,1-2H3/t13-/m0/s1. The van der Waals surface area contributed by atoms with Crippen LogP contribution in [0.5, 0.6) is 0 Å². The summed E-state index contributed by atoms with van der Waals surface area (Å²) < 4.78 is 19.0. The number of esters is 1. The number of hydrogen-bond donors (Lipinski definition) is 0. The molecule has 0 bridgehead atoms. The molecular weight excluding hydrogens is 223 g/mol. The van der Waals surface area contributed by atoms with Gasteiger partial charge in [0.2, 0.25) is 0 Å². The Hall–Kier alpha value is -1.71. The van der Waals surface area contributed by atoms with Crippen LogP contribution in [0.4, 0.5) is 4.39 Å². The van der Waals surface area contributed by atoms with Gasteiger partial charge in [0.15, 0.2) is 5.78 Å². The van der Waals surface area contributed by atoms with Crippen LogP contribution in [0, 0.1) is 0 Å². The second-order valence-electron chi connectivity index (χ2n) is 3.74.